The summed E-state index contributed by atoms with van der Waals surface area (Å²) >= 11 is 0. The van der Waals surface area contributed by atoms with Crippen LogP contribution in [0.3, 0.4) is 0 Å². The highest BCUT2D eigenvalue weighted by molar-refractivity contribution is 5.89. The second-order valence-electron chi connectivity index (χ2n) is 4.21. The van der Waals surface area contributed by atoms with Crippen molar-refractivity contribution >= 4 is 11.7 Å². The molecule has 1 heterocycles. The van der Waals surface area contributed by atoms with E-state index in [-0.39, 0.29) is 6.03 Å². The van der Waals surface area contributed by atoms with E-state index in [9.17, 15) is 4.79 Å². The number of nitrogens with one attached hydrogen (secondary N) is 2. The number of carbonyl (C=O) groups excluding carboxylic acids is 1. The molecule has 0 unspecified atom stereocenters. The van der Waals surface area contributed by atoms with Gasteiger partial charge in [0.05, 0.1) is 11.6 Å². The Morgan fingerprint density at radius 3 is 3.11 bits per heavy atom. The van der Waals surface area contributed by atoms with Crippen molar-refractivity contribution in [3.63, 3.8) is 0 Å². The van der Waals surface area contributed by atoms with E-state index in [1.165, 1.54) is 0 Å². The Morgan fingerprint density at radius 1 is 1.39 bits per heavy atom. The lowest BCUT2D eigenvalue weighted by atomic mass is 10.2. The Bertz CT molecular complexity index is 458. The molecule has 0 atom stereocenters. The number of hydrogen-bond acceptors (Lipinski definition) is 3. The summed E-state index contributed by atoms with van der Waals surface area (Å²) in [7, 11) is 0. The van der Waals surface area contributed by atoms with Gasteiger partial charge >= 0.3 is 6.03 Å². The van der Waals surface area contributed by atoms with Crippen molar-refractivity contribution in [2.75, 3.05) is 31.5 Å². The number of hydrogen-bond donors (Lipinski definition) is 2. The van der Waals surface area contributed by atoms with Gasteiger partial charge in [0.25, 0.3) is 0 Å². The molecule has 0 aliphatic carbocycles. The SMILES string of the molecule is N#Cc1cccc(NC(=O)N2CCCNCC2)c1. The third-order valence-electron chi connectivity index (χ3n) is 2.87. The molecular formula is C13H16N4O. The van der Waals surface area contributed by atoms with E-state index in [0.29, 0.717) is 17.8 Å². The lowest BCUT2D eigenvalue weighted by Crippen LogP contribution is -2.37. The van der Waals surface area contributed by atoms with Crippen LogP contribution in [-0.2, 0) is 0 Å². The van der Waals surface area contributed by atoms with E-state index in [1.807, 2.05) is 0 Å². The number of amides is 2. The smallest absolute Gasteiger partial charge is 0.321 e. The van der Waals surface area contributed by atoms with Gasteiger partial charge in [0.1, 0.15) is 0 Å². The fourth-order valence-electron chi connectivity index (χ4n) is 1.92. The molecular weight excluding hydrogens is 228 g/mol. The first kappa shape index (κ1) is 12.4. The van der Waals surface area contributed by atoms with E-state index in [0.717, 1.165) is 26.1 Å². The van der Waals surface area contributed by atoms with E-state index >= 15 is 0 Å². The van der Waals surface area contributed by atoms with Gasteiger partial charge in [0, 0.05) is 25.3 Å². The largest absolute Gasteiger partial charge is 0.323 e. The molecule has 1 aromatic rings. The molecule has 2 N–H and O–H groups in total. The minimum Gasteiger partial charge on any atom is -0.323 e. The number of nitrogens with zero attached hydrogens (tertiary/aromatic N) is 2. The minimum atomic E-state index is -0.103. The van der Waals surface area contributed by atoms with Crippen molar-refractivity contribution in [3.8, 4) is 6.07 Å². The summed E-state index contributed by atoms with van der Waals surface area (Å²) in [6.07, 6.45) is 0.964. The number of nitriles is 1. The van der Waals surface area contributed by atoms with Crippen LogP contribution in [0.25, 0.3) is 0 Å². The molecule has 5 heteroatoms. The van der Waals surface area contributed by atoms with Crippen molar-refractivity contribution in [1.82, 2.24) is 10.2 Å². The third-order valence-corrected chi connectivity index (χ3v) is 2.87. The van der Waals surface area contributed by atoms with Gasteiger partial charge in [-0.15, -0.1) is 0 Å². The Labute approximate surface area is 106 Å². The maximum absolute atomic E-state index is 12.0. The van der Waals surface area contributed by atoms with Crippen LogP contribution < -0.4 is 10.6 Å². The molecule has 0 aromatic heterocycles. The molecule has 94 valence electrons. The molecule has 1 fully saturated rings. The number of urea groups is 1. The van der Waals surface area contributed by atoms with Crippen LogP contribution in [0.15, 0.2) is 24.3 Å². The fraction of sp³-hybridized carbons (Fsp3) is 0.385. The summed E-state index contributed by atoms with van der Waals surface area (Å²) in [5.41, 5.74) is 1.21. The topological polar surface area (TPSA) is 68.2 Å². The molecule has 1 aliphatic heterocycles. The Kier molecular flexibility index (Phi) is 4.15. The van der Waals surface area contributed by atoms with Crippen LogP contribution in [0, 0.1) is 11.3 Å². The summed E-state index contributed by atoms with van der Waals surface area (Å²) < 4.78 is 0. The molecule has 2 amide bonds. The zero-order valence-corrected chi connectivity index (χ0v) is 10.1. The van der Waals surface area contributed by atoms with Gasteiger partial charge in [-0.05, 0) is 31.2 Å². The van der Waals surface area contributed by atoms with Gasteiger partial charge in [-0.1, -0.05) is 6.07 Å². The van der Waals surface area contributed by atoms with Crippen LogP contribution in [0.4, 0.5) is 10.5 Å². The molecule has 1 saturated heterocycles. The molecule has 0 radical (unpaired) electrons. The second-order valence-corrected chi connectivity index (χ2v) is 4.21. The zero-order chi connectivity index (χ0) is 12.8. The van der Waals surface area contributed by atoms with Crippen molar-refractivity contribution < 1.29 is 4.79 Å². The minimum absolute atomic E-state index is 0.103. The summed E-state index contributed by atoms with van der Waals surface area (Å²) in [5, 5.41) is 14.9. The number of carbonyl (C=O) groups is 1. The van der Waals surface area contributed by atoms with Gasteiger partial charge in [-0.3, -0.25) is 0 Å². The normalized spacial score (nSPS) is 15.6. The number of benzene rings is 1. The third kappa shape index (κ3) is 3.22. The predicted octanol–water partition coefficient (Wildman–Crippen LogP) is 1.39. The summed E-state index contributed by atoms with van der Waals surface area (Å²) in [4.78, 5) is 13.8. The first-order valence-electron chi connectivity index (χ1n) is 6.06. The molecule has 18 heavy (non-hydrogen) atoms. The van der Waals surface area contributed by atoms with Crippen LogP contribution in [0.5, 0.6) is 0 Å². The van der Waals surface area contributed by atoms with Crippen molar-refractivity contribution in [1.29, 1.82) is 5.26 Å². The molecule has 0 saturated carbocycles. The quantitative estimate of drug-likeness (QED) is 0.784. The number of rotatable bonds is 1. The Balaban J connectivity index is 1.99. The van der Waals surface area contributed by atoms with E-state index in [1.54, 1.807) is 29.2 Å². The van der Waals surface area contributed by atoms with Crippen molar-refractivity contribution in [2.45, 2.75) is 6.42 Å². The van der Waals surface area contributed by atoms with Crippen LogP contribution in [-0.4, -0.2) is 37.1 Å². The second kappa shape index (κ2) is 6.03. The van der Waals surface area contributed by atoms with Gasteiger partial charge in [0.2, 0.25) is 0 Å². The van der Waals surface area contributed by atoms with Gasteiger partial charge in [-0.2, -0.15) is 5.26 Å². The molecule has 0 bridgehead atoms. The van der Waals surface area contributed by atoms with Gasteiger partial charge < -0.3 is 15.5 Å². The number of anilines is 1. The van der Waals surface area contributed by atoms with Crippen LogP contribution in [0.2, 0.25) is 0 Å². The highest BCUT2D eigenvalue weighted by Crippen LogP contribution is 2.11. The standard InChI is InChI=1S/C13H16N4O/c14-10-11-3-1-4-12(9-11)16-13(18)17-7-2-5-15-6-8-17/h1,3-4,9,15H,2,5-8H2,(H,16,18). The highest BCUT2D eigenvalue weighted by Gasteiger charge is 2.14. The molecule has 1 aliphatic rings. The Morgan fingerprint density at radius 2 is 2.28 bits per heavy atom. The van der Waals surface area contributed by atoms with Crippen LogP contribution in [0.1, 0.15) is 12.0 Å². The predicted molar refractivity (Wildman–Crippen MR) is 69.2 cm³/mol. The molecule has 0 spiro atoms. The lowest BCUT2D eigenvalue weighted by molar-refractivity contribution is 0.215. The first-order valence-corrected chi connectivity index (χ1v) is 6.06. The summed E-state index contributed by atoms with van der Waals surface area (Å²) in [6.45, 7) is 3.25. The molecule has 5 nitrogen and oxygen atoms in total. The summed E-state index contributed by atoms with van der Waals surface area (Å²) in [6, 6.07) is 8.89. The average molecular weight is 244 g/mol. The maximum Gasteiger partial charge on any atom is 0.321 e. The van der Waals surface area contributed by atoms with Gasteiger partial charge in [0.15, 0.2) is 0 Å². The highest BCUT2D eigenvalue weighted by atomic mass is 16.2. The van der Waals surface area contributed by atoms with Gasteiger partial charge in [-0.25, -0.2) is 4.79 Å². The lowest BCUT2D eigenvalue weighted by Gasteiger charge is -2.20. The van der Waals surface area contributed by atoms with Crippen molar-refractivity contribution in [3.05, 3.63) is 29.8 Å². The first-order chi connectivity index (χ1) is 8.79. The van der Waals surface area contributed by atoms with E-state index in [2.05, 4.69) is 16.7 Å². The van der Waals surface area contributed by atoms with E-state index in [4.69, 9.17) is 5.26 Å². The molecule has 2 rings (SSSR count). The summed E-state index contributed by atoms with van der Waals surface area (Å²) in [5.74, 6) is 0. The zero-order valence-electron chi connectivity index (χ0n) is 10.1. The Hall–Kier alpha value is -2.06. The monoisotopic (exact) mass is 244 g/mol. The van der Waals surface area contributed by atoms with Crippen LogP contribution >= 0.6 is 0 Å². The fourth-order valence-corrected chi connectivity index (χ4v) is 1.92. The van der Waals surface area contributed by atoms with Crippen molar-refractivity contribution in [2.24, 2.45) is 0 Å². The molecule has 1 aromatic carbocycles. The average Bonchev–Trinajstić information content (AvgIpc) is 2.68. The van der Waals surface area contributed by atoms with E-state index < -0.39 is 0 Å². The maximum atomic E-state index is 12.0.